The number of halogens is 1. The van der Waals surface area contributed by atoms with Gasteiger partial charge < -0.3 is 5.32 Å². The van der Waals surface area contributed by atoms with Crippen LogP contribution in [0.25, 0.3) is 0 Å². The van der Waals surface area contributed by atoms with Crippen molar-refractivity contribution in [3.05, 3.63) is 29.3 Å². The number of nitrogens with zero attached hydrogens (tertiary/aromatic N) is 1. The van der Waals surface area contributed by atoms with Crippen LogP contribution in [-0.4, -0.2) is 37.8 Å². The monoisotopic (exact) mass is 398 g/mol. The van der Waals surface area contributed by atoms with Crippen molar-refractivity contribution in [3.8, 4) is 0 Å². The van der Waals surface area contributed by atoms with Gasteiger partial charge in [-0.1, -0.05) is 18.5 Å². The molecule has 5 nitrogen and oxygen atoms in total. The summed E-state index contributed by atoms with van der Waals surface area (Å²) in [6.07, 6.45) is 5.77. The smallest absolute Gasteiger partial charge is 0.243 e. The quantitative estimate of drug-likeness (QED) is 0.844. The van der Waals surface area contributed by atoms with Crippen LogP contribution in [0.1, 0.15) is 45.4 Å². The molecule has 0 bridgehead atoms. The first kappa shape index (κ1) is 19.6. The fourth-order valence-corrected chi connectivity index (χ4v) is 5.50. The summed E-state index contributed by atoms with van der Waals surface area (Å²) in [5.74, 6) is 0.462. The van der Waals surface area contributed by atoms with Gasteiger partial charge >= 0.3 is 0 Å². The molecule has 0 aromatic heterocycles. The maximum atomic E-state index is 12.8. The van der Waals surface area contributed by atoms with Gasteiger partial charge in [-0.3, -0.25) is 4.79 Å². The van der Waals surface area contributed by atoms with E-state index >= 15 is 0 Å². The van der Waals surface area contributed by atoms with Gasteiger partial charge in [0.2, 0.25) is 15.9 Å². The van der Waals surface area contributed by atoms with Gasteiger partial charge in [-0.05, 0) is 68.7 Å². The minimum atomic E-state index is -3.59. The van der Waals surface area contributed by atoms with Gasteiger partial charge in [-0.25, -0.2) is 8.42 Å². The minimum Gasteiger partial charge on any atom is -0.353 e. The summed E-state index contributed by atoms with van der Waals surface area (Å²) in [5.41, 5.74) is 0. The Morgan fingerprint density at radius 3 is 2.42 bits per heavy atom. The third-order valence-corrected chi connectivity index (χ3v) is 7.70. The van der Waals surface area contributed by atoms with E-state index in [-0.39, 0.29) is 29.3 Å². The average molecular weight is 399 g/mol. The number of benzene rings is 1. The zero-order valence-electron chi connectivity index (χ0n) is 15.2. The van der Waals surface area contributed by atoms with Crippen LogP contribution in [-0.2, 0) is 14.8 Å². The Morgan fingerprint density at radius 1 is 1.12 bits per heavy atom. The van der Waals surface area contributed by atoms with Crippen molar-refractivity contribution < 1.29 is 13.2 Å². The molecular weight excluding hydrogens is 372 g/mol. The first-order chi connectivity index (χ1) is 12.4. The summed E-state index contributed by atoms with van der Waals surface area (Å²) in [7, 11) is -3.59. The Balaban J connectivity index is 1.63. The molecule has 1 aliphatic heterocycles. The summed E-state index contributed by atoms with van der Waals surface area (Å²) >= 11 is 5.85. The van der Waals surface area contributed by atoms with E-state index in [1.807, 2.05) is 0 Å². The molecule has 1 N–H and O–H groups in total. The first-order valence-electron chi connectivity index (χ1n) is 9.42. The molecule has 3 rings (SSSR count). The summed E-state index contributed by atoms with van der Waals surface area (Å²) < 4.78 is 27.1. The summed E-state index contributed by atoms with van der Waals surface area (Å²) in [6, 6.07) is 6.43. The number of sulfonamides is 1. The molecule has 144 valence electrons. The third-order valence-electron chi connectivity index (χ3n) is 5.57. The normalized spacial score (nSPS) is 27.8. The SMILES string of the molecule is CC1CCC(NC(=O)C2CCCN(S(=O)(=O)c3ccc(Cl)cc3)C2)CC1. The van der Waals surface area contributed by atoms with Crippen molar-refractivity contribution in [1.82, 2.24) is 9.62 Å². The van der Waals surface area contributed by atoms with Gasteiger partial charge in [0, 0.05) is 24.2 Å². The summed E-state index contributed by atoms with van der Waals surface area (Å²) in [6.45, 7) is 2.95. The first-order valence-corrected chi connectivity index (χ1v) is 11.2. The highest BCUT2D eigenvalue weighted by Crippen LogP contribution is 2.27. The van der Waals surface area contributed by atoms with Gasteiger partial charge in [-0.15, -0.1) is 0 Å². The zero-order valence-corrected chi connectivity index (χ0v) is 16.7. The molecule has 1 atom stereocenters. The van der Waals surface area contributed by atoms with Crippen LogP contribution >= 0.6 is 11.6 Å². The highest BCUT2D eigenvalue weighted by Gasteiger charge is 2.34. The minimum absolute atomic E-state index is 0.000518. The topological polar surface area (TPSA) is 66.5 Å². The molecule has 1 saturated heterocycles. The number of piperidine rings is 1. The molecule has 0 spiro atoms. The van der Waals surface area contributed by atoms with Crippen molar-refractivity contribution in [2.24, 2.45) is 11.8 Å². The molecule has 1 aromatic rings. The maximum Gasteiger partial charge on any atom is 0.243 e. The molecule has 1 unspecified atom stereocenters. The number of carbonyl (C=O) groups excluding carboxylic acids is 1. The van der Waals surface area contributed by atoms with Crippen LogP contribution in [0.5, 0.6) is 0 Å². The Morgan fingerprint density at radius 2 is 1.77 bits per heavy atom. The van der Waals surface area contributed by atoms with Gasteiger partial charge in [0.25, 0.3) is 0 Å². The lowest BCUT2D eigenvalue weighted by atomic mass is 9.87. The molecule has 1 heterocycles. The molecule has 1 saturated carbocycles. The van der Waals surface area contributed by atoms with E-state index in [1.54, 1.807) is 12.1 Å². The average Bonchev–Trinajstić information content (AvgIpc) is 2.64. The van der Waals surface area contributed by atoms with Crippen molar-refractivity contribution >= 4 is 27.5 Å². The van der Waals surface area contributed by atoms with Crippen LogP contribution in [0.3, 0.4) is 0 Å². The standard InChI is InChI=1S/C19H27ClN2O3S/c1-14-4-8-17(9-5-14)21-19(23)15-3-2-12-22(13-15)26(24,25)18-10-6-16(20)7-11-18/h6-7,10-11,14-15,17H,2-5,8-9,12-13H2,1H3,(H,21,23). The second-order valence-corrected chi connectivity index (χ2v) is 10.00. The molecular formula is C19H27ClN2O3S. The highest BCUT2D eigenvalue weighted by atomic mass is 35.5. The van der Waals surface area contributed by atoms with Crippen LogP contribution in [0.2, 0.25) is 5.02 Å². The maximum absolute atomic E-state index is 12.8. The van der Waals surface area contributed by atoms with Gasteiger partial charge in [0.05, 0.1) is 10.8 Å². The number of rotatable bonds is 4. The predicted octanol–water partition coefficient (Wildman–Crippen LogP) is 3.44. The van der Waals surface area contributed by atoms with E-state index in [2.05, 4.69) is 12.2 Å². The third kappa shape index (κ3) is 4.59. The highest BCUT2D eigenvalue weighted by molar-refractivity contribution is 7.89. The number of hydrogen-bond donors (Lipinski definition) is 1. The molecule has 2 fully saturated rings. The Kier molecular flexibility index (Phi) is 6.25. The Labute approximate surface area is 161 Å². The van der Waals surface area contributed by atoms with E-state index in [0.717, 1.165) is 38.0 Å². The lowest BCUT2D eigenvalue weighted by molar-refractivity contribution is -0.127. The van der Waals surface area contributed by atoms with Crippen molar-refractivity contribution in [1.29, 1.82) is 0 Å². The van der Waals surface area contributed by atoms with Gasteiger partial charge in [-0.2, -0.15) is 4.31 Å². The van der Waals surface area contributed by atoms with E-state index in [0.29, 0.717) is 18.0 Å². The van der Waals surface area contributed by atoms with Gasteiger partial charge in [0.15, 0.2) is 0 Å². The summed E-state index contributed by atoms with van der Waals surface area (Å²) in [5, 5.41) is 3.65. The molecule has 2 aliphatic rings. The van der Waals surface area contributed by atoms with Crippen LogP contribution < -0.4 is 5.32 Å². The number of hydrogen-bond acceptors (Lipinski definition) is 3. The number of nitrogens with one attached hydrogen (secondary N) is 1. The van der Waals surface area contributed by atoms with Crippen LogP contribution in [0, 0.1) is 11.8 Å². The summed E-state index contributed by atoms with van der Waals surface area (Å²) in [4.78, 5) is 12.9. The molecule has 1 amide bonds. The van der Waals surface area contributed by atoms with Gasteiger partial charge in [0.1, 0.15) is 0 Å². The van der Waals surface area contributed by atoms with Crippen molar-refractivity contribution in [3.63, 3.8) is 0 Å². The Bertz CT molecular complexity index is 728. The van der Waals surface area contributed by atoms with Crippen LogP contribution in [0.4, 0.5) is 0 Å². The Hall–Kier alpha value is -1.11. The van der Waals surface area contributed by atoms with Crippen molar-refractivity contribution in [2.45, 2.75) is 56.4 Å². The second-order valence-electron chi connectivity index (χ2n) is 7.62. The lowest BCUT2D eigenvalue weighted by Crippen LogP contribution is -2.48. The van der Waals surface area contributed by atoms with Crippen molar-refractivity contribution in [2.75, 3.05) is 13.1 Å². The molecule has 1 aliphatic carbocycles. The van der Waals surface area contributed by atoms with Crippen LogP contribution in [0.15, 0.2) is 29.2 Å². The van der Waals surface area contributed by atoms with E-state index < -0.39 is 10.0 Å². The fraction of sp³-hybridized carbons (Fsp3) is 0.632. The second kappa shape index (κ2) is 8.28. The van der Waals surface area contributed by atoms with E-state index in [1.165, 1.54) is 16.4 Å². The fourth-order valence-electron chi connectivity index (χ4n) is 3.85. The van der Waals surface area contributed by atoms with E-state index in [4.69, 9.17) is 11.6 Å². The zero-order chi connectivity index (χ0) is 18.7. The molecule has 7 heteroatoms. The van der Waals surface area contributed by atoms with E-state index in [9.17, 15) is 13.2 Å². The molecule has 1 aromatic carbocycles. The predicted molar refractivity (Wildman–Crippen MR) is 102 cm³/mol. The largest absolute Gasteiger partial charge is 0.353 e. The lowest BCUT2D eigenvalue weighted by Gasteiger charge is -2.33. The molecule has 26 heavy (non-hydrogen) atoms. The number of amides is 1. The molecule has 0 radical (unpaired) electrons. The number of carbonyl (C=O) groups is 1.